The van der Waals surface area contributed by atoms with E-state index in [4.69, 9.17) is 9.47 Å². The summed E-state index contributed by atoms with van der Waals surface area (Å²) in [6, 6.07) is 20.6. The van der Waals surface area contributed by atoms with Crippen LogP contribution in [0.4, 0.5) is 5.69 Å². The SMILES string of the molecule is COC(=O)c1ccc(COc2ccccc2/C=C2\SC(=Nc3c(C)cccc3C)NC2=O)cc1. The van der Waals surface area contributed by atoms with Crippen LogP contribution in [0.3, 0.4) is 0 Å². The van der Waals surface area contributed by atoms with Gasteiger partial charge in [-0.25, -0.2) is 9.79 Å². The molecule has 0 aromatic heterocycles. The number of para-hydroxylation sites is 2. The van der Waals surface area contributed by atoms with E-state index in [0.717, 1.165) is 27.9 Å². The number of benzene rings is 3. The van der Waals surface area contributed by atoms with Crippen molar-refractivity contribution in [1.29, 1.82) is 0 Å². The van der Waals surface area contributed by atoms with E-state index in [-0.39, 0.29) is 11.9 Å². The molecule has 3 aromatic carbocycles. The molecule has 0 bridgehead atoms. The van der Waals surface area contributed by atoms with Crippen molar-refractivity contribution in [3.05, 3.63) is 99.5 Å². The van der Waals surface area contributed by atoms with E-state index >= 15 is 0 Å². The summed E-state index contributed by atoms with van der Waals surface area (Å²) in [6.07, 6.45) is 1.81. The molecule has 1 heterocycles. The third-order valence-electron chi connectivity index (χ3n) is 5.28. The molecule has 6 nitrogen and oxygen atoms in total. The van der Waals surface area contributed by atoms with Crippen LogP contribution >= 0.6 is 11.8 Å². The summed E-state index contributed by atoms with van der Waals surface area (Å²) in [4.78, 5) is 29.4. The first-order valence-corrected chi connectivity index (χ1v) is 11.5. The third-order valence-corrected chi connectivity index (χ3v) is 6.19. The lowest BCUT2D eigenvalue weighted by atomic mass is 10.1. The Morgan fingerprint density at radius 3 is 2.41 bits per heavy atom. The number of hydrogen-bond donors (Lipinski definition) is 1. The minimum Gasteiger partial charge on any atom is -0.488 e. The first-order valence-electron chi connectivity index (χ1n) is 10.7. The number of carbonyl (C=O) groups excluding carboxylic acids is 2. The van der Waals surface area contributed by atoms with Crippen LogP contribution < -0.4 is 10.1 Å². The van der Waals surface area contributed by atoms with Crippen LogP contribution in [0.25, 0.3) is 6.08 Å². The second-order valence-electron chi connectivity index (χ2n) is 7.74. The second-order valence-corrected chi connectivity index (χ2v) is 8.77. The molecule has 0 radical (unpaired) electrons. The summed E-state index contributed by atoms with van der Waals surface area (Å²) < 4.78 is 10.7. The molecule has 34 heavy (non-hydrogen) atoms. The minimum atomic E-state index is -0.378. The molecular formula is C27H24N2O4S. The zero-order valence-corrected chi connectivity index (χ0v) is 19.9. The summed E-state index contributed by atoms with van der Waals surface area (Å²) >= 11 is 1.31. The number of methoxy groups -OCH3 is 1. The van der Waals surface area contributed by atoms with Gasteiger partial charge in [-0.1, -0.05) is 48.5 Å². The zero-order valence-electron chi connectivity index (χ0n) is 19.1. The second kappa shape index (κ2) is 10.4. The van der Waals surface area contributed by atoms with Gasteiger partial charge in [0.25, 0.3) is 5.91 Å². The van der Waals surface area contributed by atoms with Gasteiger partial charge in [-0.2, -0.15) is 0 Å². The number of carbonyl (C=O) groups is 2. The van der Waals surface area contributed by atoms with Gasteiger partial charge < -0.3 is 14.8 Å². The summed E-state index contributed by atoms with van der Waals surface area (Å²) in [7, 11) is 1.35. The largest absolute Gasteiger partial charge is 0.488 e. The number of ether oxygens (including phenoxy) is 2. The fourth-order valence-electron chi connectivity index (χ4n) is 3.45. The van der Waals surface area contributed by atoms with Gasteiger partial charge in [0.2, 0.25) is 0 Å². The van der Waals surface area contributed by atoms with Gasteiger partial charge in [0.05, 0.1) is 23.3 Å². The summed E-state index contributed by atoms with van der Waals surface area (Å²) in [5, 5.41) is 3.40. The number of amides is 1. The first-order chi connectivity index (χ1) is 16.4. The molecule has 0 atom stereocenters. The number of amidine groups is 1. The molecule has 7 heteroatoms. The van der Waals surface area contributed by atoms with Gasteiger partial charge in [-0.3, -0.25) is 4.79 Å². The number of esters is 1. The lowest BCUT2D eigenvalue weighted by molar-refractivity contribution is -0.115. The molecule has 4 rings (SSSR count). The Balaban J connectivity index is 1.50. The first kappa shape index (κ1) is 23.3. The molecule has 0 spiro atoms. The van der Waals surface area contributed by atoms with E-state index in [2.05, 4.69) is 10.3 Å². The monoisotopic (exact) mass is 472 g/mol. The number of rotatable bonds is 6. The molecule has 1 fully saturated rings. The van der Waals surface area contributed by atoms with E-state index in [0.29, 0.717) is 28.0 Å². The molecule has 1 aliphatic heterocycles. The fraction of sp³-hybridized carbons (Fsp3) is 0.148. The number of thioether (sulfide) groups is 1. The molecule has 0 unspecified atom stereocenters. The minimum absolute atomic E-state index is 0.191. The van der Waals surface area contributed by atoms with Gasteiger partial charge in [0, 0.05) is 5.56 Å². The van der Waals surface area contributed by atoms with E-state index in [1.54, 1.807) is 12.1 Å². The highest BCUT2D eigenvalue weighted by Crippen LogP contribution is 2.32. The highest BCUT2D eigenvalue weighted by Gasteiger charge is 2.24. The van der Waals surface area contributed by atoms with E-state index < -0.39 is 0 Å². The standard InChI is InChI=1S/C27H24N2O4S/c1-17-7-6-8-18(2)24(17)28-27-29-25(30)23(34-27)15-21-9-4-5-10-22(21)33-16-19-11-13-20(14-12-19)26(31)32-3/h4-15H,16H2,1-3H3,(H,28,29,30)/b23-15-. The van der Waals surface area contributed by atoms with Crippen LogP contribution in [0.5, 0.6) is 5.75 Å². The zero-order chi connectivity index (χ0) is 24.1. The predicted octanol–water partition coefficient (Wildman–Crippen LogP) is 5.56. The van der Waals surface area contributed by atoms with Crippen LogP contribution in [0.1, 0.15) is 32.6 Å². The fourth-order valence-corrected chi connectivity index (χ4v) is 4.27. The summed E-state index contributed by atoms with van der Waals surface area (Å²) in [5.41, 5.74) is 5.16. The topological polar surface area (TPSA) is 77.0 Å². The molecule has 1 amide bonds. The van der Waals surface area contributed by atoms with Gasteiger partial charge >= 0.3 is 5.97 Å². The van der Waals surface area contributed by atoms with Crippen molar-refractivity contribution >= 4 is 40.6 Å². The van der Waals surface area contributed by atoms with Gasteiger partial charge in [-0.05, 0) is 66.6 Å². The van der Waals surface area contributed by atoms with Crippen molar-refractivity contribution in [2.45, 2.75) is 20.5 Å². The van der Waals surface area contributed by atoms with Crippen molar-refractivity contribution in [3.8, 4) is 5.75 Å². The Morgan fingerprint density at radius 2 is 1.71 bits per heavy atom. The molecule has 0 saturated carbocycles. The molecule has 1 saturated heterocycles. The maximum atomic E-state index is 12.6. The van der Waals surface area contributed by atoms with Crippen molar-refractivity contribution in [2.75, 3.05) is 7.11 Å². The van der Waals surface area contributed by atoms with Crippen LogP contribution in [-0.4, -0.2) is 24.2 Å². The van der Waals surface area contributed by atoms with E-state index in [9.17, 15) is 9.59 Å². The quantitative estimate of drug-likeness (QED) is 0.375. The number of nitrogens with one attached hydrogen (secondary N) is 1. The Morgan fingerprint density at radius 1 is 1.00 bits per heavy atom. The highest BCUT2D eigenvalue weighted by molar-refractivity contribution is 8.18. The summed E-state index contributed by atoms with van der Waals surface area (Å²) in [5.74, 6) is 0.0843. The molecule has 3 aromatic rings. The van der Waals surface area contributed by atoms with E-state index in [1.165, 1.54) is 18.9 Å². The van der Waals surface area contributed by atoms with E-state index in [1.807, 2.05) is 74.5 Å². The van der Waals surface area contributed by atoms with Crippen molar-refractivity contribution in [2.24, 2.45) is 4.99 Å². The van der Waals surface area contributed by atoms with Crippen molar-refractivity contribution in [1.82, 2.24) is 5.32 Å². The van der Waals surface area contributed by atoms with Crippen molar-refractivity contribution < 1.29 is 19.1 Å². The van der Waals surface area contributed by atoms with Crippen molar-refractivity contribution in [3.63, 3.8) is 0 Å². The van der Waals surface area contributed by atoms with Gasteiger partial charge in [-0.15, -0.1) is 0 Å². The number of aliphatic imine (C=N–C) groups is 1. The van der Waals surface area contributed by atoms with Crippen LogP contribution in [0.2, 0.25) is 0 Å². The third kappa shape index (κ3) is 5.38. The average molecular weight is 473 g/mol. The van der Waals surface area contributed by atoms with Crippen LogP contribution in [0.15, 0.2) is 76.6 Å². The van der Waals surface area contributed by atoms with Crippen LogP contribution in [-0.2, 0) is 16.1 Å². The average Bonchev–Trinajstić information content (AvgIpc) is 3.19. The lowest BCUT2D eigenvalue weighted by Gasteiger charge is -2.10. The lowest BCUT2D eigenvalue weighted by Crippen LogP contribution is -2.19. The number of hydrogen-bond acceptors (Lipinski definition) is 6. The Kier molecular flexibility index (Phi) is 7.13. The Hall–Kier alpha value is -3.84. The van der Waals surface area contributed by atoms with Gasteiger partial charge in [0.1, 0.15) is 12.4 Å². The van der Waals surface area contributed by atoms with Gasteiger partial charge in [0.15, 0.2) is 5.17 Å². The molecule has 1 aliphatic rings. The molecule has 1 N–H and O–H groups in total. The molecular weight excluding hydrogens is 448 g/mol. The maximum Gasteiger partial charge on any atom is 0.337 e. The van der Waals surface area contributed by atoms with Crippen LogP contribution in [0, 0.1) is 13.8 Å². The predicted molar refractivity (Wildman–Crippen MR) is 135 cm³/mol. The normalized spacial score (nSPS) is 15.4. The smallest absolute Gasteiger partial charge is 0.337 e. The molecule has 0 aliphatic carbocycles. The number of nitrogens with zero attached hydrogens (tertiary/aromatic N) is 1. The Labute approximate surface area is 202 Å². The molecule has 172 valence electrons. The maximum absolute atomic E-state index is 12.6. The Bertz CT molecular complexity index is 1280. The number of aryl methyl sites for hydroxylation is 2. The highest BCUT2D eigenvalue weighted by atomic mass is 32.2. The summed E-state index contributed by atoms with van der Waals surface area (Å²) in [6.45, 7) is 4.32.